The number of carbonyl (C=O) groups excluding carboxylic acids is 1. The van der Waals surface area contributed by atoms with Crippen LogP contribution in [0.2, 0.25) is 0 Å². The Morgan fingerprint density at radius 2 is 2.47 bits per heavy atom. The normalized spacial score (nSPS) is 29.1. The first-order chi connectivity index (χ1) is 8.13. The first-order valence-corrected chi connectivity index (χ1v) is 6.04. The van der Waals surface area contributed by atoms with Gasteiger partial charge in [0, 0.05) is 18.7 Å². The van der Waals surface area contributed by atoms with Crippen molar-refractivity contribution >= 4 is 5.97 Å². The van der Waals surface area contributed by atoms with Crippen molar-refractivity contribution in [2.45, 2.75) is 32.4 Å². The third-order valence-corrected chi connectivity index (χ3v) is 3.56. The minimum absolute atomic E-state index is 0.0636. The van der Waals surface area contributed by atoms with Gasteiger partial charge in [-0.15, -0.1) is 0 Å². The Labute approximate surface area is 102 Å². The topological polar surface area (TPSA) is 49.8 Å². The summed E-state index contributed by atoms with van der Waals surface area (Å²) in [4.78, 5) is 13.7. The molecule has 0 aromatic carbocycles. The second kappa shape index (κ2) is 5.02. The molecule has 2 aliphatic rings. The molecule has 94 valence electrons. The van der Waals surface area contributed by atoms with Gasteiger partial charge >= 0.3 is 5.97 Å². The first kappa shape index (κ1) is 12.3. The molecule has 2 atom stereocenters. The van der Waals surface area contributed by atoms with Crippen molar-refractivity contribution in [1.82, 2.24) is 4.90 Å². The number of nitrogens with zero attached hydrogens (tertiary/aromatic N) is 1. The van der Waals surface area contributed by atoms with Crippen LogP contribution in [0.15, 0.2) is 23.3 Å². The van der Waals surface area contributed by atoms with E-state index in [1.54, 1.807) is 13.0 Å². The molecule has 0 aliphatic carbocycles. The van der Waals surface area contributed by atoms with E-state index in [1.807, 2.05) is 6.92 Å². The number of rotatable bonds is 3. The molecular weight excluding hydrogens is 218 g/mol. The number of esters is 1. The number of aliphatic hydroxyl groups is 1. The molecule has 0 spiro atoms. The minimum atomic E-state index is -0.315. The summed E-state index contributed by atoms with van der Waals surface area (Å²) in [7, 11) is 0. The number of hydrogen-bond donors (Lipinski definition) is 1. The average molecular weight is 237 g/mol. The van der Waals surface area contributed by atoms with Gasteiger partial charge in [-0.2, -0.15) is 0 Å². The van der Waals surface area contributed by atoms with Crippen LogP contribution >= 0.6 is 0 Å². The van der Waals surface area contributed by atoms with E-state index in [4.69, 9.17) is 4.74 Å². The highest BCUT2D eigenvalue weighted by molar-refractivity contribution is 5.87. The summed E-state index contributed by atoms with van der Waals surface area (Å²) in [6, 6.07) is 0.0636. The molecule has 0 radical (unpaired) electrons. The second-order valence-electron chi connectivity index (χ2n) is 4.62. The van der Waals surface area contributed by atoms with Crippen LogP contribution in [0.3, 0.4) is 0 Å². The predicted octanol–water partition coefficient (Wildman–Crippen LogP) is 0.871. The fourth-order valence-corrected chi connectivity index (χ4v) is 2.40. The molecule has 0 saturated carbocycles. The third kappa shape index (κ3) is 2.42. The van der Waals surface area contributed by atoms with Crippen LogP contribution in [0.5, 0.6) is 0 Å². The fraction of sp³-hybridized carbons (Fsp3) is 0.615. The summed E-state index contributed by atoms with van der Waals surface area (Å²) in [6.45, 7) is 5.63. The van der Waals surface area contributed by atoms with Crippen molar-refractivity contribution in [3.63, 3.8) is 0 Å². The maximum absolute atomic E-state index is 11.5. The standard InChI is InChI=1S/C13H19NO3/c1-3-9(2)13(16)17-8-10-4-6-14-7-5-11(15)12(10)14/h3-4,11-12,15H,5-8H2,1-2H3/b9-3+/t11-,12+/m0/s1. The van der Waals surface area contributed by atoms with E-state index in [0.717, 1.165) is 25.1 Å². The van der Waals surface area contributed by atoms with E-state index in [1.165, 1.54) is 0 Å². The van der Waals surface area contributed by atoms with Crippen molar-refractivity contribution in [1.29, 1.82) is 0 Å². The Morgan fingerprint density at radius 1 is 1.71 bits per heavy atom. The molecule has 0 aromatic heterocycles. The molecule has 2 aliphatic heterocycles. The zero-order valence-electron chi connectivity index (χ0n) is 10.3. The van der Waals surface area contributed by atoms with Gasteiger partial charge in [0.2, 0.25) is 0 Å². The SMILES string of the molecule is C/C=C(\C)C(=O)OCC1=CCN2CC[C@H](O)[C@@H]12. The number of fused-ring (bicyclic) bond motifs is 1. The minimum Gasteiger partial charge on any atom is -0.458 e. The van der Waals surface area contributed by atoms with Gasteiger partial charge in [-0.1, -0.05) is 12.2 Å². The van der Waals surface area contributed by atoms with Crippen LogP contribution in [0.1, 0.15) is 20.3 Å². The summed E-state index contributed by atoms with van der Waals surface area (Å²) in [5.74, 6) is -0.278. The molecule has 4 nitrogen and oxygen atoms in total. The Bertz CT molecular complexity index is 373. The second-order valence-corrected chi connectivity index (χ2v) is 4.62. The summed E-state index contributed by atoms with van der Waals surface area (Å²) in [5, 5.41) is 9.86. The number of hydrogen-bond acceptors (Lipinski definition) is 4. The lowest BCUT2D eigenvalue weighted by atomic mass is 10.1. The highest BCUT2D eigenvalue weighted by Gasteiger charge is 2.38. The molecule has 0 unspecified atom stereocenters. The monoisotopic (exact) mass is 237 g/mol. The largest absolute Gasteiger partial charge is 0.458 e. The molecule has 1 saturated heterocycles. The molecule has 0 amide bonds. The summed E-state index contributed by atoms with van der Waals surface area (Å²) < 4.78 is 5.22. The molecular formula is C13H19NO3. The maximum atomic E-state index is 11.5. The van der Waals surface area contributed by atoms with Crippen LogP contribution in [-0.4, -0.2) is 47.8 Å². The Hall–Kier alpha value is -1.13. The molecule has 2 heterocycles. The molecule has 0 bridgehead atoms. The van der Waals surface area contributed by atoms with E-state index in [-0.39, 0.29) is 18.1 Å². The van der Waals surface area contributed by atoms with Crippen LogP contribution in [0, 0.1) is 0 Å². The predicted molar refractivity (Wildman–Crippen MR) is 64.5 cm³/mol. The lowest BCUT2D eigenvalue weighted by molar-refractivity contribution is -0.138. The van der Waals surface area contributed by atoms with E-state index in [9.17, 15) is 9.90 Å². The third-order valence-electron chi connectivity index (χ3n) is 3.56. The zero-order valence-corrected chi connectivity index (χ0v) is 10.3. The van der Waals surface area contributed by atoms with Gasteiger partial charge < -0.3 is 9.84 Å². The van der Waals surface area contributed by atoms with Gasteiger partial charge in [0.25, 0.3) is 0 Å². The molecule has 2 rings (SSSR count). The number of carbonyl (C=O) groups is 1. The smallest absolute Gasteiger partial charge is 0.333 e. The molecule has 1 N–H and O–H groups in total. The number of allylic oxidation sites excluding steroid dienone is 1. The van der Waals surface area contributed by atoms with E-state index in [0.29, 0.717) is 12.2 Å². The number of ether oxygens (including phenoxy) is 1. The van der Waals surface area contributed by atoms with Crippen molar-refractivity contribution in [3.8, 4) is 0 Å². The number of aliphatic hydroxyl groups excluding tert-OH is 1. The molecule has 17 heavy (non-hydrogen) atoms. The summed E-state index contributed by atoms with van der Waals surface area (Å²) in [5.41, 5.74) is 1.65. The van der Waals surface area contributed by atoms with Crippen LogP contribution < -0.4 is 0 Å². The fourth-order valence-electron chi connectivity index (χ4n) is 2.40. The van der Waals surface area contributed by atoms with E-state index < -0.39 is 0 Å². The summed E-state index contributed by atoms with van der Waals surface area (Å²) >= 11 is 0. The van der Waals surface area contributed by atoms with Crippen LogP contribution in [0.25, 0.3) is 0 Å². The van der Waals surface area contributed by atoms with E-state index in [2.05, 4.69) is 11.0 Å². The lowest BCUT2D eigenvalue weighted by Gasteiger charge is -2.20. The zero-order chi connectivity index (χ0) is 12.4. The lowest BCUT2D eigenvalue weighted by Crippen LogP contribution is -2.33. The Morgan fingerprint density at radius 3 is 3.18 bits per heavy atom. The van der Waals surface area contributed by atoms with Crippen LogP contribution in [0.4, 0.5) is 0 Å². The van der Waals surface area contributed by atoms with Crippen molar-refractivity contribution in [3.05, 3.63) is 23.3 Å². The Kier molecular flexibility index (Phi) is 3.64. The van der Waals surface area contributed by atoms with Crippen molar-refractivity contribution in [2.24, 2.45) is 0 Å². The van der Waals surface area contributed by atoms with Crippen molar-refractivity contribution < 1.29 is 14.6 Å². The van der Waals surface area contributed by atoms with Gasteiger partial charge in [-0.05, 0) is 25.8 Å². The van der Waals surface area contributed by atoms with Crippen LogP contribution in [-0.2, 0) is 9.53 Å². The highest BCUT2D eigenvalue weighted by atomic mass is 16.5. The molecule has 0 aromatic rings. The average Bonchev–Trinajstić information content (AvgIpc) is 2.89. The quantitative estimate of drug-likeness (QED) is 0.449. The molecule has 4 heteroatoms. The van der Waals surface area contributed by atoms with Gasteiger partial charge in [-0.3, -0.25) is 4.90 Å². The van der Waals surface area contributed by atoms with Gasteiger partial charge in [-0.25, -0.2) is 4.79 Å². The summed E-state index contributed by atoms with van der Waals surface area (Å²) in [6.07, 6.45) is 4.29. The molecule has 1 fully saturated rings. The van der Waals surface area contributed by atoms with E-state index >= 15 is 0 Å². The van der Waals surface area contributed by atoms with Gasteiger partial charge in [0.15, 0.2) is 0 Å². The first-order valence-electron chi connectivity index (χ1n) is 6.04. The van der Waals surface area contributed by atoms with Gasteiger partial charge in [0.05, 0.1) is 12.1 Å². The van der Waals surface area contributed by atoms with Gasteiger partial charge in [0.1, 0.15) is 6.61 Å². The van der Waals surface area contributed by atoms with Crippen molar-refractivity contribution in [2.75, 3.05) is 19.7 Å². The Balaban J connectivity index is 1.90. The highest BCUT2D eigenvalue weighted by Crippen LogP contribution is 2.29. The maximum Gasteiger partial charge on any atom is 0.333 e.